The van der Waals surface area contributed by atoms with Gasteiger partial charge in [-0.2, -0.15) is 17.0 Å². The molecule has 1 atom stereocenters. The van der Waals surface area contributed by atoms with Crippen molar-refractivity contribution in [3.8, 4) is 6.07 Å². The second-order valence-corrected chi connectivity index (χ2v) is 17.2. The number of oxazole rings is 1. The Balaban J connectivity index is 0.000000512. The smallest absolute Gasteiger partial charge is 0.244 e. The number of rotatable bonds is 14. The van der Waals surface area contributed by atoms with Crippen LogP contribution in [0, 0.1) is 17.2 Å². The van der Waals surface area contributed by atoms with Gasteiger partial charge in [0.1, 0.15) is 18.7 Å². The van der Waals surface area contributed by atoms with Gasteiger partial charge in [0.2, 0.25) is 23.6 Å². The average Bonchev–Trinajstić information content (AvgIpc) is 3.92. The predicted octanol–water partition coefficient (Wildman–Crippen LogP) is 6.90. The van der Waals surface area contributed by atoms with E-state index in [1.807, 2.05) is 53.1 Å². The molecule has 2 saturated heterocycles. The Kier molecular flexibility index (Phi) is 17.8. The highest BCUT2D eigenvalue weighted by Gasteiger charge is 2.32. The lowest BCUT2D eigenvalue weighted by Crippen LogP contribution is -2.50. The number of benzene rings is 1. The molecule has 0 aliphatic carbocycles. The molecule has 0 saturated carbocycles. The number of thioether (sulfide) groups is 1. The topological polar surface area (TPSA) is 174 Å². The van der Waals surface area contributed by atoms with Crippen molar-refractivity contribution in [2.45, 2.75) is 95.9 Å². The van der Waals surface area contributed by atoms with E-state index in [4.69, 9.17) is 15.4 Å². The van der Waals surface area contributed by atoms with Crippen molar-refractivity contribution < 1.29 is 18.8 Å². The highest BCUT2D eigenvalue weighted by molar-refractivity contribution is 7.97. The Bertz CT molecular complexity index is 1810. The standard InChI is InChI=1S/C33H44N8O3S.C9H15NOS/c1-3-4-29(39(2)30(42)9-14-34)25-7-5-24(6-8-25)27(21-35)22-36-23-31(43)41-18-12-28(13-19-41)40-16-10-26(11-17-40)32(44)38-33-37-15-20-45-33;1-9(2,3)7-5-10-8(11-7)6-12-4/h5-8,15,20-22,26,28-29H,3-4,9-13,16-19,23,35H2,1-2H3,(H,37,38,44);5H,6H2,1-4H3/b27-21+,36-22?;. The number of likely N-dealkylation sites (tertiary alicyclic amines) is 2. The second kappa shape index (κ2) is 22.4. The third kappa shape index (κ3) is 13.5. The number of nitrogens with zero attached hydrogens (tertiary/aromatic N) is 7. The maximum atomic E-state index is 12.9. The summed E-state index contributed by atoms with van der Waals surface area (Å²) in [5.74, 6) is 2.53. The second-order valence-electron chi connectivity index (χ2n) is 15.4. The molecule has 3 amide bonds. The SMILES string of the molecule is CCCC(c1ccc(/C(C=NCC(=O)N2CCC(N3CCC(C(=O)Nc4nccs4)CC3)CC2)=C/N)cc1)N(C)C(=O)CC#N.CSCc1ncc(C(C)(C)C)o1. The first-order valence-electron chi connectivity index (χ1n) is 19.7. The number of nitrogens with one attached hydrogen (secondary N) is 1. The van der Waals surface area contributed by atoms with E-state index in [0.717, 1.165) is 80.1 Å². The van der Waals surface area contributed by atoms with Crippen LogP contribution in [-0.4, -0.2) is 101 Å². The molecule has 2 fully saturated rings. The number of nitriles is 1. The van der Waals surface area contributed by atoms with Gasteiger partial charge in [0.25, 0.3) is 0 Å². The Hall–Kier alpha value is -4.52. The molecule has 0 spiro atoms. The third-order valence-electron chi connectivity index (χ3n) is 10.4. The van der Waals surface area contributed by atoms with E-state index in [0.29, 0.717) is 29.8 Å². The lowest BCUT2D eigenvalue weighted by Gasteiger charge is -2.41. The van der Waals surface area contributed by atoms with Gasteiger partial charge in [0.15, 0.2) is 5.13 Å². The fraction of sp³-hybridized carbons (Fsp3) is 0.548. The van der Waals surface area contributed by atoms with Crippen molar-refractivity contribution in [2.75, 3.05) is 51.3 Å². The highest BCUT2D eigenvalue weighted by Crippen LogP contribution is 2.28. The number of hydrogen-bond acceptors (Lipinski definition) is 12. The summed E-state index contributed by atoms with van der Waals surface area (Å²) in [6.07, 6.45) is 13.7. The molecule has 5 rings (SSSR count). The van der Waals surface area contributed by atoms with Crippen LogP contribution >= 0.6 is 23.1 Å². The zero-order valence-corrected chi connectivity index (χ0v) is 35.9. The monoisotopic (exact) mass is 817 g/mol. The van der Waals surface area contributed by atoms with Gasteiger partial charge in [-0.3, -0.25) is 19.4 Å². The Morgan fingerprint density at radius 1 is 1.14 bits per heavy atom. The molecule has 308 valence electrons. The van der Waals surface area contributed by atoms with Crippen LogP contribution in [0.15, 0.2) is 57.6 Å². The molecule has 13 nitrogen and oxygen atoms in total. The van der Waals surface area contributed by atoms with E-state index < -0.39 is 0 Å². The van der Waals surface area contributed by atoms with Gasteiger partial charge in [-0.15, -0.1) is 11.3 Å². The first-order valence-corrected chi connectivity index (χ1v) is 22.0. The van der Waals surface area contributed by atoms with E-state index in [1.165, 1.54) is 17.5 Å². The number of piperidine rings is 2. The molecular formula is C42H59N9O4S2. The zero-order chi connectivity index (χ0) is 41.4. The summed E-state index contributed by atoms with van der Waals surface area (Å²) in [7, 11) is 1.74. The third-order valence-corrected chi connectivity index (χ3v) is 11.6. The quantitative estimate of drug-likeness (QED) is 0.163. The lowest BCUT2D eigenvalue weighted by atomic mass is 9.93. The largest absolute Gasteiger partial charge is 0.444 e. The number of aromatic nitrogens is 2. The molecule has 2 aliphatic heterocycles. The Morgan fingerprint density at radius 3 is 2.40 bits per heavy atom. The number of aliphatic imine (C=N–C) groups is 1. The van der Waals surface area contributed by atoms with Crippen LogP contribution in [0.1, 0.15) is 101 Å². The van der Waals surface area contributed by atoms with E-state index in [2.05, 4.69) is 52.9 Å². The highest BCUT2D eigenvalue weighted by atomic mass is 32.2. The van der Waals surface area contributed by atoms with Crippen molar-refractivity contribution >= 4 is 57.7 Å². The number of carbonyl (C=O) groups excluding carboxylic acids is 3. The molecule has 1 unspecified atom stereocenters. The van der Waals surface area contributed by atoms with Crippen molar-refractivity contribution in [1.29, 1.82) is 5.26 Å². The summed E-state index contributed by atoms with van der Waals surface area (Å²) >= 11 is 3.15. The maximum absolute atomic E-state index is 12.9. The fourth-order valence-corrected chi connectivity index (χ4v) is 7.92. The molecule has 1 aromatic carbocycles. The Labute approximate surface area is 346 Å². The van der Waals surface area contributed by atoms with E-state index in [1.54, 1.807) is 36.1 Å². The normalized spacial score (nSPS) is 16.4. The van der Waals surface area contributed by atoms with Crippen LogP contribution in [0.2, 0.25) is 0 Å². The first kappa shape index (κ1) is 45.2. The maximum Gasteiger partial charge on any atom is 0.244 e. The molecule has 3 aromatic rings. The summed E-state index contributed by atoms with van der Waals surface area (Å²) in [6, 6.07) is 10.1. The van der Waals surface area contributed by atoms with Gasteiger partial charge >= 0.3 is 0 Å². The van der Waals surface area contributed by atoms with Gasteiger partial charge < -0.3 is 30.2 Å². The van der Waals surface area contributed by atoms with Gasteiger partial charge in [0, 0.05) is 67.1 Å². The average molecular weight is 818 g/mol. The summed E-state index contributed by atoms with van der Waals surface area (Å²) in [5.41, 5.74) is 8.54. The number of carbonyl (C=O) groups is 3. The number of anilines is 1. The Morgan fingerprint density at radius 2 is 1.84 bits per heavy atom. The molecule has 3 N–H and O–H groups in total. The van der Waals surface area contributed by atoms with Crippen LogP contribution in [0.3, 0.4) is 0 Å². The molecule has 0 radical (unpaired) electrons. The molecule has 4 heterocycles. The van der Waals surface area contributed by atoms with Crippen molar-refractivity contribution in [1.82, 2.24) is 24.7 Å². The minimum Gasteiger partial charge on any atom is -0.444 e. The van der Waals surface area contributed by atoms with Crippen molar-refractivity contribution in [3.05, 3.63) is 71.0 Å². The summed E-state index contributed by atoms with van der Waals surface area (Å²) in [6.45, 7) is 11.7. The van der Waals surface area contributed by atoms with Gasteiger partial charge in [-0.1, -0.05) is 58.4 Å². The molecule has 57 heavy (non-hydrogen) atoms. The number of thiazole rings is 1. The minimum atomic E-state index is -0.196. The molecular weight excluding hydrogens is 759 g/mol. The van der Waals surface area contributed by atoms with Gasteiger partial charge in [-0.25, -0.2) is 9.97 Å². The van der Waals surface area contributed by atoms with E-state index >= 15 is 0 Å². The number of allylic oxidation sites excluding steroid dienone is 1. The molecule has 2 aliphatic rings. The van der Waals surface area contributed by atoms with Crippen LogP contribution in [0.4, 0.5) is 5.13 Å². The van der Waals surface area contributed by atoms with Crippen LogP contribution in [-0.2, 0) is 25.6 Å². The van der Waals surface area contributed by atoms with Crippen LogP contribution < -0.4 is 11.1 Å². The van der Waals surface area contributed by atoms with E-state index in [-0.39, 0.29) is 48.1 Å². The number of amides is 3. The van der Waals surface area contributed by atoms with Crippen molar-refractivity contribution in [3.63, 3.8) is 0 Å². The predicted molar refractivity (Wildman–Crippen MR) is 230 cm³/mol. The summed E-state index contributed by atoms with van der Waals surface area (Å²) < 4.78 is 5.56. The minimum absolute atomic E-state index is 0.00136. The molecule has 15 heteroatoms. The number of hydrogen-bond donors (Lipinski definition) is 2. The fourth-order valence-electron chi connectivity index (χ4n) is 7.00. The summed E-state index contributed by atoms with van der Waals surface area (Å²) in [4.78, 5) is 56.6. The molecule has 0 bridgehead atoms. The van der Waals surface area contributed by atoms with Crippen molar-refractivity contribution in [2.24, 2.45) is 16.6 Å². The summed E-state index contributed by atoms with van der Waals surface area (Å²) in [5, 5.41) is 14.3. The van der Waals surface area contributed by atoms with Gasteiger partial charge in [-0.05, 0) is 62.6 Å². The van der Waals surface area contributed by atoms with E-state index in [9.17, 15) is 14.4 Å². The van der Waals surface area contributed by atoms with Crippen LogP contribution in [0.25, 0.3) is 5.57 Å². The first-order chi connectivity index (χ1) is 27.4. The lowest BCUT2D eigenvalue weighted by molar-refractivity contribution is -0.132. The van der Waals surface area contributed by atoms with Gasteiger partial charge in [0.05, 0.1) is 24.1 Å². The molecule has 2 aromatic heterocycles. The number of nitrogens with two attached hydrogens (primary N) is 1. The van der Waals surface area contributed by atoms with Crippen LogP contribution in [0.5, 0.6) is 0 Å². The zero-order valence-electron chi connectivity index (χ0n) is 34.3.